The number of benzene rings is 1. The van der Waals surface area contributed by atoms with Crippen LogP contribution in [0.3, 0.4) is 0 Å². The van der Waals surface area contributed by atoms with Gasteiger partial charge in [0.05, 0.1) is 46.6 Å². The molecule has 6 fully saturated rings. The first kappa shape index (κ1) is 27.4. The number of hydrogen-bond acceptors (Lipinski definition) is 10. The van der Waals surface area contributed by atoms with Crippen molar-refractivity contribution in [3.8, 4) is 0 Å². The minimum atomic E-state index is -4.67. The van der Waals surface area contributed by atoms with Gasteiger partial charge in [-0.3, -0.25) is 33.5 Å². The Kier molecular flexibility index (Phi) is 8.96. The first-order valence-corrected chi connectivity index (χ1v) is 13.7. The van der Waals surface area contributed by atoms with Gasteiger partial charge in [-0.15, -0.1) is 0 Å². The Morgan fingerprint density at radius 3 is 1.72 bits per heavy atom. The quantitative estimate of drug-likeness (QED) is 0.366. The van der Waals surface area contributed by atoms with Gasteiger partial charge in [0, 0.05) is 12.1 Å². The van der Waals surface area contributed by atoms with Gasteiger partial charge >= 0.3 is 16.4 Å². The third kappa shape index (κ3) is 7.43. The van der Waals surface area contributed by atoms with Gasteiger partial charge in [-0.05, 0) is 38.3 Å². The molecule has 0 saturated carbocycles. The van der Waals surface area contributed by atoms with E-state index in [4.69, 9.17) is 22.3 Å². The van der Waals surface area contributed by atoms with E-state index in [1.165, 1.54) is 52.9 Å². The molecular weight excluding hydrogens is 490 g/mol. The van der Waals surface area contributed by atoms with Gasteiger partial charge in [0.25, 0.3) is 0 Å². The molecule has 202 valence electrons. The zero-order valence-electron chi connectivity index (χ0n) is 20.6. The second-order valence-corrected chi connectivity index (χ2v) is 11.1. The highest BCUT2D eigenvalue weighted by Crippen LogP contribution is 2.36. The van der Waals surface area contributed by atoms with E-state index in [2.05, 4.69) is 31.5 Å². The summed E-state index contributed by atoms with van der Waals surface area (Å²) in [7, 11) is -2.50. The van der Waals surface area contributed by atoms with Crippen molar-refractivity contribution in [2.24, 2.45) is 0 Å². The topological polar surface area (TPSA) is 137 Å². The summed E-state index contributed by atoms with van der Waals surface area (Å²) in [6.07, 6.45) is 4.26. The molecule has 6 heterocycles. The molecule has 2 unspecified atom stereocenters. The number of carbonyl (C=O) groups excluding carboxylic acids is 1. The zero-order chi connectivity index (χ0) is 25.9. The lowest BCUT2D eigenvalue weighted by atomic mass is 9.98. The van der Waals surface area contributed by atoms with Crippen molar-refractivity contribution in [1.29, 1.82) is 0 Å². The first-order chi connectivity index (χ1) is 17.1. The van der Waals surface area contributed by atoms with Crippen molar-refractivity contribution in [2.45, 2.75) is 49.8 Å². The van der Waals surface area contributed by atoms with Crippen molar-refractivity contribution in [3.05, 3.63) is 35.9 Å². The van der Waals surface area contributed by atoms with Gasteiger partial charge in [0.1, 0.15) is 12.0 Å². The number of fused-ring (bicyclic) bond motifs is 2. The number of aliphatic hydroxyl groups excluding tert-OH is 1. The van der Waals surface area contributed by atoms with Gasteiger partial charge < -0.3 is 14.7 Å². The molecule has 0 radical (unpaired) electrons. The molecule has 4 atom stereocenters. The van der Waals surface area contributed by atoms with Gasteiger partial charge in [0.15, 0.2) is 0 Å². The van der Waals surface area contributed by atoms with Crippen molar-refractivity contribution < 1.29 is 32.2 Å². The van der Waals surface area contributed by atoms with Crippen molar-refractivity contribution in [3.63, 3.8) is 0 Å². The van der Waals surface area contributed by atoms with Crippen LogP contribution in [-0.4, -0.2) is 125 Å². The number of hydrogen-bond donors (Lipinski definition) is 3. The number of carbonyl (C=O) groups is 1. The maximum absolute atomic E-state index is 12.4. The Hall–Kier alpha value is -1.68. The Labute approximate surface area is 212 Å². The second kappa shape index (κ2) is 11.8. The van der Waals surface area contributed by atoms with Crippen molar-refractivity contribution >= 4 is 16.4 Å². The molecule has 0 aliphatic carbocycles. The molecule has 6 aliphatic rings. The fraction of sp³-hybridized carbons (Fsp3) is 0.696. The van der Waals surface area contributed by atoms with Crippen LogP contribution < -0.4 is 0 Å². The Balaban J connectivity index is 0.000000166. The Bertz CT molecular complexity index is 904. The lowest BCUT2D eigenvalue weighted by Crippen LogP contribution is -2.71. The highest BCUT2D eigenvalue weighted by molar-refractivity contribution is 7.79. The SMILES string of the molecule is C1N2CN3CN1CN(C2)C3.CN1[C@@H]2CC[C@H]1CC(OC(=O)C(CO)c1ccccc1)C2.O=S(=O)(O)O. The number of ether oxygens (including phenoxy) is 1. The summed E-state index contributed by atoms with van der Waals surface area (Å²) >= 11 is 0. The molecule has 0 amide bonds. The van der Waals surface area contributed by atoms with E-state index in [0.717, 1.165) is 18.4 Å². The summed E-state index contributed by atoms with van der Waals surface area (Å²) in [5, 5.41) is 9.53. The molecule has 12 nitrogen and oxygen atoms in total. The average Bonchev–Trinajstić information content (AvgIpc) is 2.99. The molecule has 0 spiro atoms. The van der Waals surface area contributed by atoms with Gasteiger partial charge in [-0.1, -0.05) is 30.3 Å². The predicted octanol–water partition coefficient (Wildman–Crippen LogP) is 0.258. The molecule has 1 aromatic rings. The van der Waals surface area contributed by atoms with E-state index in [1.54, 1.807) is 0 Å². The van der Waals surface area contributed by atoms with Crippen LogP contribution in [0.5, 0.6) is 0 Å². The zero-order valence-corrected chi connectivity index (χ0v) is 21.4. The second-order valence-electron chi connectivity index (χ2n) is 10.2. The molecular formula is C23H37N5O7S. The van der Waals surface area contributed by atoms with E-state index >= 15 is 0 Å². The number of aliphatic hydroxyl groups is 1. The maximum Gasteiger partial charge on any atom is 0.394 e. The van der Waals surface area contributed by atoms with Crippen LogP contribution >= 0.6 is 0 Å². The van der Waals surface area contributed by atoms with Gasteiger partial charge in [-0.25, -0.2) is 0 Å². The lowest BCUT2D eigenvalue weighted by molar-refractivity contribution is -0.194. The molecule has 36 heavy (non-hydrogen) atoms. The highest BCUT2D eigenvalue weighted by Gasteiger charge is 2.40. The summed E-state index contributed by atoms with van der Waals surface area (Å²) in [6.45, 7) is 6.92. The minimum Gasteiger partial charge on any atom is -0.462 e. The van der Waals surface area contributed by atoms with Crippen LogP contribution in [0.4, 0.5) is 0 Å². The van der Waals surface area contributed by atoms with Crippen LogP contribution in [0.2, 0.25) is 0 Å². The average molecular weight is 528 g/mol. The molecule has 7 rings (SSSR count). The number of rotatable bonds is 4. The first-order valence-electron chi connectivity index (χ1n) is 12.3. The highest BCUT2D eigenvalue weighted by atomic mass is 32.3. The summed E-state index contributed by atoms with van der Waals surface area (Å²) in [4.78, 5) is 24.7. The summed E-state index contributed by atoms with van der Waals surface area (Å²) in [6, 6.07) is 10.5. The van der Waals surface area contributed by atoms with Crippen LogP contribution in [0.1, 0.15) is 37.2 Å². The van der Waals surface area contributed by atoms with E-state index in [-0.39, 0.29) is 18.7 Å². The maximum atomic E-state index is 12.4. The smallest absolute Gasteiger partial charge is 0.394 e. The molecule has 13 heteroatoms. The normalized spacial score (nSPS) is 35.2. The molecule has 1 aromatic carbocycles. The Morgan fingerprint density at radius 2 is 1.33 bits per heavy atom. The number of piperidine rings is 1. The van der Waals surface area contributed by atoms with Crippen molar-refractivity contribution in [1.82, 2.24) is 24.5 Å². The van der Waals surface area contributed by atoms with E-state index < -0.39 is 16.3 Å². The fourth-order valence-electron chi connectivity index (χ4n) is 5.94. The summed E-state index contributed by atoms with van der Waals surface area (Å²) < 4.78 is 37.3. The van der Waals surface area contributed by atoms with E-state index in [9.17, 15) is 9.90 Å². The Morgan fingerprint density at radius 1 is 0.917 bits per heavy atom. The summed E-state index contributed by atoms with van der Waals surface area (Å²) in [5.74, 6) is -0.860. The lowest BCUT2D eigenvalue weighted by Gasteiger charge is -2.56. The third-order valence-electron chi connectivity index (χ3n) is 7.41. The van der Waals surface area contributed by atoms with E-state index in [1.807, 2.05) is 30.3 Å². The molecule has 3 N–H and O–H groups in total. The van der Waals surface area contributed by atoms with Crippen LogP contribution in [0, 0.1) is 0 Å². The van der Waals surface area contributed by atoms with Gasteiger partial charge in [0.2, 0.25) is 0 Å². The largest absolute Gasteiger partial charge is 0.462 e. The van der Waals surface area contributed by atoms with Gasteiger partial charge in [-0.2, -0.15) is 8.42 Å². The minimum absolute atomic E-state index is 0.00367. The molecule has 6 bridgehead atoms. The fourth-order valence-corrected chi connectivity index (χ4v) is 5.94. The number of esters is 1. The van der Waals surface area contributed by atoms with Crippen LogP contribution in [-0.2, 0) is 19.9 Å². The van der Waals surface area contributed by atoms with Crippen LogP contribution in [0.25, 0.3) is 0 Å². The number of nitrogens with zero attached hydrogens (tertiary/aromatic N) is 5. The standard InChI is InChI=1S/C17H23NO3.C6H12N4.H2O4S/c1-18-13-7-8-14(18)10-15(9-13)21-17(20)16(11-19)12-5-3-2-4-6-12;1-7-2-9-4-8(1)5-10(3-7)6-9;1-5(2,3)4/h2-6,13-16,19H,7-11H2,1H3;1-6H2;(H2,1,2,3,4)/t13-,14+,15?,16?;;. The monoisotopic (exact) mass is 527 g/mol. The molecule has 6 aliphatic heterocycles. The third-order valence-corrected chi connectivity index (χ3v) is 7.41. The summed E-state index contributed by atoms with van der Waals surface area (Å²) in [5.41, 5.74) is 0.820. The van der Waals surface area contributed by atoms with E-state index in [0.29, 0.717) is 12.1 Å². The molecule has 6 saturated heterocycles. The van der Waals surface area contributed by atoms with Crippen molar-refractivity contribution in [2.75, 3.05) is 53.7 Å². The van der Waals surface area contributed by atoms with Crippen LogP contribution in [0.15, 0.2) is 30.3 Å². The molecule has 0 aromatic heterocycles. The predicted molar refractivity (Wildman–Crippen MR) is 131 cm³/mol.